The Hall–Kier alpha value is -1.91. The molecule has 0 aliphatic rings. The van der Waals surface area contributed by atoms with Gasteiger partial charge in [-0.15, -0.1) is 12.4 Å². The van der Waals surface area contributed by atoms with E-state index < -0.39 is 14.8 Å². The van der Waals surface area contributed by atoms with E-state index in [9.17, 15) is 23.3 Å². The maximum absolute atomic E-state index is 11.4. The highest BCUT2D eigenvalue weighted by atomic mass is 35.5. The largest absolute Gasteiger partial charge is 0.378 e. The Morgan fingerprint density at radius 3 is 2.50 bits per heavy atom. The van der Waals surface area contributed by atoms with Crippen LogP contribution in [-0.4, -0.2) is 45.1 Å². The fraction of sp³-hybridized carbons (Fsp3) is 0.364. The van der Waals surface area contributed by atoms with Crippen LogP contribution in [0.2, 0.25) is 0 Å². The number of amides is 1. The van der Waals surface area contributed by atoms with Crippen LogP contribution in [-0.2, 0) is 14.6 Å². The van der Waals surface area contributed by atoms with Gasteiger partial charge in [0.25, 0.3) is 5.69 Å². The number of carbonyl (C=O) groups is 1. The topological polar surface area (TPSA) is 144 Å². The van der Waals surface area contributed by atoms with Crippen molar-refractivity contribution in [2.24, 2.45) is 5.73 Å². The van der Waals surface area contributed by atoms with Gasteiger partial charge in [0.15, 0.2) is 9.84 Å². The highest BCUT2D eigenvalue weighted by Crippen LogP contribution is 2.27. The highest BCUT2D eigenvalue weighted by Gasteiger charge is 2.18. The Bertz CT molecular complexity index is 650. The summed E-state index contributed by atoms with van der Waals surface area (Å²) in [5.74, 6) is -0.335. The summed E-state index contributed by atoms with van der Waals surface area (Å²) in [4.78, 5) is 21.1. The molecule has 11 heteroatoms. The second-order valence-corrected chi connectivity index (χ2v) is 6.20. The summed E-state index contributed by atoms with van der Waals surface area (Å²) in [7, 11) is -3.52. The minimum atomic E-state index is -3.52. The SMILES string of the molecule is CS(=O)(=O)c1ccc(NCCNC(=O)CN)c([N+](=O)[O-])c1.Cl. The Morgan fingerprint density at radius 1 is 1.36 bits per heavy atom. The van der Waals surface area contributed by atoms with Gasteiger partial charge < -0.3 is 16.4 Å². The number of nitrogens with two attached hydrogens (primary N) is 1. The van der Waals surface area contributed by atoms with Crippen molar-refractivity contribution in [1.29, 1.82) is 0 Å². The van der Waals surface area contributed by atoms with Crippen LogP contribution < -0.4 is 16.4 Å². The standard InChI is InChI=1S/C11H16N4O5S.ClH/c1-21(19,20)8-2-3-9(10(6-8)15(17)18)13-4-5-14-11(16)7-12;/h2-3,6,13H,4-5,7,12H2,1H3,(H,14,16);1H. The molecular formula is C11H17ClN4O5S. The van der Waals surface area contributed by atoms with Crippen LogP contribution in [0.25, 0.3) is 0 Å². The minimum absolute atomic E-state index is 0. The molecule has 1 aromatic rings. The Kier molecular flexibility index (Phi) is 7.77. The molecule has 0 saturated heterocycles. The first kappa shape index (κ1) is 20.1. The molecule has 0 aliphatic carbocycles. The second kappa shape index (κ2) is 8.51. The molecule has 0 atom stereocenters. The van der Waals surface area contributed by atoms with Gasteiger partial charge in [0, 0.05) is 25.4 Å². The summed E-state index contributed by atoms with van der Waals surface area (Å²) in [5.41, 5.74) is 4.94. The molecule has 0 heterocycles. The van der Waals surface area contributed by atoms with Crippen molar-refractivity contribution in [3.63, 3.8) is 0 Å². The Balaban J connectivity index is 0.00000441. The normalized spacial score (nSPS) is 10.5. The van der Waals surface area contributed by atoms with Crippen LogP contribution in [0.15, 0.2) is 23.1 Å². The second-order valence-electron chi connectivity index (χ2n) is 4.19. The van der Waals surface area contributed by atoms with Crippen molar-refractivity contribution in [2.45, 2.75) is 4.90 Å². The van der Waals surface area contributed by atoms with Gasteiger partial charge >= 0.3 is 0 Å². The first-order valence-corrected chi connectivity index (χ1v) is 7.84. The van der Waals surface area contributed by atoms with Gasteiger partial charge in [0.05, 0.1) is 16.4 Å². The maximum atomic E-state index is 11.4. The average molecular weight is 353 g/mol. The quantitative estimate of drug-likeness (QED) is 0.353. The fourth-order valence-electron chi connectivity index (χ4n) is 1.51. The van der Waals surface area contributed by atoms with Crippen molar-refractivity contribution in [1.82, 2.24) is 5.32 Å². The molecule has 0 aromatic heterocycles. The van der Waals surface area contributed by atoms with Gasteiger partial charge in [0.1, 0.15) is 5.69 Å². The van der Waals surface area contributed by atoms with E-state index >= 15 is 0 Å². The van der Waals surface area contributed by atoms with Crippen LogP contribution in [0.1, 0.15) is 0 Å². The van der Waals surface area contributed by atoms with Crippen molar-refractivity contribution in [2.75, 3.05) is 31.2 Å². The number of nitro benzene ring substituents is 1. The number of hydrogen-bond donors (Lipinski definition) is 3. The van der Waals surface area contributed by atoms with Gasteiger partial charge in [-0.1, -0.05) is 0 Å². The number of benzene rings is 1. The molecule has 22 heavy (non-hydrogen) atoms. The van der Waals surface area contributed by atoms with Gasteiger partial charge in [-0.05, 0) is 12.1 Å². The van der Waals surface area contributed by atoms with E-state index in [1.807, 2.05) is 0 Å². The molecule has 0 aliphatic heterocycles. The number of carbonyl (C=O) groups excluding carboxylic acids is 1. The zero-order valence-electron chi connectivity index (χ0n) is 11.7. The van der Waals surface area contributed by atoms with Crippen LogP contribution in [0.5, 0.6) is 0 Å². The molecular weight excluding hydrogens is 336 g/mol. The van der Waals surface area contributed by atoms with Crippen LogP contribution >= 0.6 is 12.4 Å². The Morgan fingerprint density at radius 2 is 2.00 bits per heavy atom. The lowest BCUT2D eigenvalue weighted by atomic mass is 10.2. The molecule has 0 spiro atoms. The number of nitro groups is 1. The highest BCUT2D eigenvalue weighted by molar-refractivity contribution is 7.90. The summed E-state index contributed by atoms with van der Waals surface area (Å²) in [5, 5.41) is 16.2. The Labute approximate surface area is 133 Å². The molecule has 4 N–H and O–H groups in total. The molecule has 0 unspecified atom stereocenters. The van der Waals surface area contributed by atoms with E-state index in [-0.39, 0.29) is 54.2 Å². The lowest BCUT2D eigenvalue weighted by Gasteiger charge is -2.09. The van der Waals surface area contributed by atoms with Gasteiger partial charge in [-0.2, -0.15) is 0 Å². The van der Waals surface area contributed by atoms with E-state index in [4.69, 9.17) is 5.73 Å². The molecule has 0 fully saturated rings. The number of sulfone groups is 1. The molecule has 1 aromatic carbocycles. The number of nitrogens with zero attached hydrogens (tertiary/aromatic N) is 1. The molecule has 0 radical (unpaired) electrons. The van der Waals surface area contributed by atoms with Crippen molar-refractivity contribution in [3.05, 3.63) is 28.3 Å². The monoisotopic (exact) mass is 352 g/mol. The maximum Gasteiger partial charge on any atom is 0.293 e. The van der Waals surface area contributed by atoms with E-state index in [1.54, 1.807) is 0 Å². The average Bonchev–Trinajstić information content (AvgIpc) is 2.41. The zero-order valence-corrected chi connectivity index (χ0v) is 13.4. The van der Waals surface area contributed by atoms with E-state index in [0.717, 1.165) is 12.3 Å². The summed E-state index contributed by atoms with van der Waals surface area (Å²) in [6, 6.07) is 3.60. The van der Waals surface area contributed by atoms with Crippen molar-refractivity contribution < 1.29 is 18.1 Å². The first-order valence-electron chi connectivity index (χ1n) is 5.95. The number of anilines is 1. The third-order valence-electron chi connectivity index (χ3n) is 2.54. The zero-order chi connectivity index (χ0) is 16.0. The summed E-state index contributed by atoms with van der Waals surface area (Å²) in [6.45, 7) is 0.342. The minimum Gasteiger partial charge on any atom is -0.378 e. The predicted molar refractivity (Wildman–Crippen MR) is 84.0 cm³/mol. The molecule has 1 rings (SSSR count). The third kappa shape index (κ3) is 5.84. The summed E-state index contributed by atoms with van der Waals surface area (Å²) in [6.07, 6.45) is 0.974. The fourth-order valence-corrected chi connectivity index (χ4v) is 2.15. The first-order chi connectivity index (χ1) is 9.75. The van der Waals surface area contributed by atoms with E-state index in [2.05, 4.69) is 10.6 Å². The van der Waals surface area contributed by atoms with E-state index in [1.165, 1.54) is 12.1 Å². The number of halogens is 1. The van der Waals surface area contributed by atoms with Crippen LogP contribution in [0, 0.1) is 10.1 Å². The lowest BCUT2D eigenvalue weighted by Crippen LogP contribution is -2.33. The summed E-state index contributed by atoms with van der Waals surface area (Å²) >= 11 is 0. The molecule has 0 saturated carbocycles. The lowest BCUT2D eigenvalue weighted by molar-refractivity contribution is -0.384. The third-order valence-corrected chi connectivity index (χ3v) is 3.65. The van der Waals surface area contributed by atoms with E-state index in [0.29, 0.717) is 0 Å². The predicted octanol–water partition coefficient (Wildman–Crippen LogP) is -0.0931. The van der Waals surface area contributed by atoms with Crippen LogP contribution in [0.3, 0.4) is 0 Å². The van der Waals surface area contributed by atoms with Crippen LogP contribution in [0.4, 0.5) is 11.4 Å². The van der Waals surface area contributed by atoms with Gasteiger partial charge in [-0.3, -0.25) is 14.9 Å². The number of nitrogens with one attached hydrogen (secondary N) is 2. The molecule has 1 amide bonds. The van der Waals surface area contributed by atoms with Gasteiger partial charge in [-0.25, -0.2) is 8.42 Å². The number of rotatable bonds is 7. The van der Waals surface area contributed by atoms with Crippen molar-refractivity contribution >= 4 is 39.5 Å². The number of hydrogen-bond acceptors (Lipinski definition) is 7. The molecule has 0 bridgehead atoms. The van der Waals surface area contributed by atoms with Crippen molar-refractivity contribution in [3.8, 4) is 0 Å². The molecule has 124 valence electrons. The molecule has 9 nitrogen and oxygen atoms in total. The smallest absolute Gasteiger partial charge is 0.293 e. The van der Waals surface area contributed by atoms with Gasteiger partial charge in [0.2, 0.25) is 5.91 Å². The summed E-state index contributed by atoms with van der Waals surface area (Å²) < 4.78 is 22.8.